The SMILES string of the molecule is CCC1(OC(=O)CCC(=O)OCCOCCOC(=O)CCCCC(S)CC[SH2+])C(=O)OCc2c1cc1n(c2=O)Cc2cc3ccccc3nc2-1. The standard InChI is InChI=1S/C36H42N2O10S2/c1-2-36(48-32(41)12-11-31(40)46-17-15-44-14-16-45-30(39)10-6-4-8-25(50)13-18-49)27-20-29-33-24(19-23-7-3-5-9-28(23)37-33)21-38(29)34(42)26(27)22-47-35(36)43/h3,5,7,9,19-20,25,49-50H,2,4,6,8,10-18,21-22H2,1H3/p+1. The Hall–Kier alpha value is -3.88. The number of cyclic esters (lactones) is 1. The fourth-order valence-electron chi connectivity index (χ4n) is 6.17. The average Bonchev–Trinajstić information content (AvgIpc) is 3.46. The first-order valence-corrected chi connectivity index (χ1v) is 18.2. The lowest BCUT2D eigenvalue weighted by atomic mass is 9.85. The van der Waals surface area contributed by atoms with Crippen LogP contribution in [0.4, 0.5) is 0 Å². The molecule has 1 aromatic carbocycles. The first-order chi connectivity index (χ1) is 24.2. The molecule has 0 spiro atoms. The van der Waals surface area contributed by atoms with Crippen molar-refractivity contribution in [3.8, 4) is 11.4 Å². The number of rotatable bonds is 18. The summed E-state index contributed by atoms with van der Waals surface area (Å²) < 4.78 is 28.4. The van der Waals surface area contributed by atoms with Crippen LogP contribution in [0.1, 0.15) is 75.0 Å². The number of para-hydroxylation sites is 1. The maximum Gasteiger partial charge on any atom is 0.355 e. The molecule has 0 N–H and O–H groups in total. The van der Waals surface area contributed by atoms with Crippen molar-refractivity contribution in [3.05, 3.63) is 63.4 Å². The molecule has 2 aliphatic heterocycles. The van der Waals surface area contributed by atoms with E-state index in [9.17, 15) is 24.0 Å². The van der Waals surface area contributed by atoms with Gasteiger partial charge in [0.2, 0.25) is 5.60 Å². The number of ether oxygens (including phenoxy) is 5. The smallest absolute Gasteiger partial charge is 0.355 e. The molecule has 268 valence electrons. The van der Waals surface area contributed by atoms with E-state index in [1.165, 1.54) is 0 Å². The molecule has 0 radical (unpaired) electrons. The van der Waals surface area contributed by atoms with Crippen LogP contribution in [0.15, 0.2) is 41.2 Å². The molecular formula is C36H43N2O10S2+. The summed E-state index contributed by atoms with van der Waals surface area (Å²) in [5.74, 6) is -1.64. The molecule has 14 heteroatoms. The Balaban J connectivity index is 1.08. The van der Waals surface area contributed by atoms with Crippen molar-refractivity contribution in [2.75, 3.05) is 32.2 Å². The predicted octanol–water partition coefficient (Wildman–Crippen LogP) is 3.77. The maximum absolute atomic E-state index is 13.7. The summed E-state index contributed by atoms with van der Waals surface area (Å²) in [5.41, 5.74) is 1.09. The fourth-order valence-corrected chi connectivity index (χ4v) is 7.07. The normalized spacial score (nSPS) is 16.6. The molecule has 2 atom stereocenters. The van der Waals surface area contributed by atoms with Gasteiger partial charge in [-0.3, -0.25) is 19.2 Å². The Kier molecular flexibility index (Phi) is 13.0. The van der Waals surface area contributed by atoms with Crippen molar-refractivity contribution in [2.24, 2.45) is 0 Å². The van der Waals surface area contributed by atoms with Crippen molar-refractivity contribution < 1.29 is 42.9 Å². The molecule has 2 aromatic heterocycles. The summed E-state index contributed by atoms with van der Waals surface area (Å²) in [5, 5.41) is 1.27. The van der Waals surface area contributed by atoms with Crippen molar-refractivity contribution in [1.82, 2.24) is 9.55 Å². The Labute approximate surface area is 301 Å². The lowest BCUT2D eigenvalue weighted by Crippen LogP contribution is -2.47. The van der Waals surface area contributed by atoms with Gasteiger partial charge >= 0.3 is 23.9 Å². The number of carbonyl (C=O) groups excluding carboxylic acids is 4. The second-order valence-electron chi connectivity index (χ2n) is 12.2. The number of unbranched alkanes of at least 4 members (excludes halogenated alkanes) is 1. The highest BCUT2D eigenvalue weighted by Crippen LogP contribution is 2.41. The monoisotopic (exact) mass is 727 g/mol. The van der Waals surface area contributed by atoms with Crippen molar-refractivity contribution in [2.45, 2.75) is 82.3 Å². The zero-order valence-corrected chi connectivity index (χ0v) is 30.0. The van der Waals surface area contributed by atoms with Gasteiger partial charge in [0.15, 0.2) is 0 Å². The van der Waals surface area contributed by atoms with Gasteiger partial charge in [-0.25, -0.2) is 9.78 Å². The summed E-state index contributed by atoms with van der Waals surface area (Å²) in [4.78, 5) is 68.9. The number of hydrogen-bond acceptors (Lipinski definition) is 12. The van der Waals surface area contributed by atoms with E-state index in [0.717, 1.165) is 47.9 Å². The lowest BCUT2D eigenvalue weighted by Gasteiger charge is -2.35. The van der Waals surface area contributed by atoms with E-state index in [2.05, 4.69) is 25.3 Å². The number of carbonyl (C=O) groups is 4. The molecule has 0 bridgehead atoms. The van der Waals surface area contributed by atoms with E-state index in [4.69, 9.17) is 28.7 Å². The minimum absolute atomic E-state index is 0.0105. The van der Waals surface area contributed by atoms with Crippen LogP contribution in [0.5, 0.6) is 0 Å². The number of benzene rings is 1. The molecule has 0 fully saturated rings. The average molecular weight is 728 g/mol. The van der Waals surface area contributed by atoms with Crippen molar-refractivity contribution >= 4 is 60.0 Å². The molecule has 3 aromatic rings. The second kappa shape index (κ2) is 17.4. The first-order valence-electron chi connectivity index (χ1n) is 16.9. The molecule has 5 rings (SSSR count). The Morgan fingerprint density at radius 1 is 0.980 bits per heavy atom. The first kappa shape index (κ1) is 37.4. The highest BCUT2D eigenvalue weighted by atomic mass is 32.1. The molecule has 2 aliphatic rings. The zero-order chi connectivity index (χ0) is 35.7. The van der Waals surface area contributed by atoms with Gasteiger partial charge in [0, 0.05) is 34.6 Å². The third kappa shape index (κ3) is 8.70. The van der Waals surface area contributed by atoms with Gasteiger partial charge in [-0.05, 0) is 50.1 Å². The molecule has 0 aliphatic carbocycles. The van der Waals surface area contributed by atoms with Crippen molar-refractivity contribution in [1.29, 1.82) is 0 Å². The highest BCUT2D eigenvalue weighted by Gasteiger charge is 2.50. The highest BCUT2D eigenvalue weighted by molar-refractivity contribution is 7.81. The number of fused-ring (bicyclic) bond motifs is 5. The van der Waals surface area contributed by atoms with Crippen LogP contribution < -0.4 is 5.56 Å². The van der Waals surface area contributed by atoms with Gasteiger partial charge in [0.1, 0.15) is 25.6 Å². The third-order valence-corrected chi connectivity index (χ3v) is 9.64. The van der Waals surface area contributed by atoms with E-state index >= 15 is 0 Å². The molecule has 2 unspecified atom stereocenters. The summed E-state index contributed by atoms with van der Waals surface area (Å²) in [6.45, 7) is 2.01. The number of thiol groups is 1. The molecule has 50 heavy (non-hydrogen) atoms. The quantitative estimate of drug-likeness (QED) is 0.0525. The van der Waals surface area contributed by atoms with Crippen LogP contribution in [0, 0.1) is 0 Å². The topological polar surface area (TPSA) is 149 Å². The molecular weight excluding hydrogens is 685 g/mol. The van der Waals surface area contributed by atoms with Gasteiger partial charge < -0.3 is 28.3 Å². The number of aromatic nitrogens is 2. The van der Waals surface area contributed by atoms with E-state index in [0.29, 0.717) is 29.6 Å². The van der Waals surface area contributed by atoms with E-state index in [-0.39, 0.29) is 75.0 Å². The zero-order valence-electron chi connectivity index (χ0n) is 28.1. The summed E-state index contributed by atoms with van der Waals surface area (Å²) in [6.07, 6.45) is 3.28. The number of hydrogen-bond donors (Lipinski definition) is 1. The van der Waals surface area contributed by atoms with Crippen LogP contribution in [0.25, 0.3) is 22.3 Å². The molecule has 0 saturated heterocycles. The van der Waals surface area contributed by atoms with Crippen LogP contribution in [-0.4, -0.2) is 70.9 Å². The maximum atomic E-state index is 13.7. The third-order valence-electron chi connectivity index (χ3n) is 8.83. The Morgan fingerprint density at radius 3 is 2.44 bits per heavy atom. The van der Waals surface area contributed by atoms with Gasteiger partial charge in [-0.15, -0.1) is 0 Å². The Bertz CT molecular complexity index is 1790. The fraction of sp³-hybridized carbons (Fsp3) is 0.500. The minimum atomic E-state index is -1.86. The largest absolute Gasteiger partial charge is 0.463 e. The summed E-state index contributed by atoms with van der Waals surface area (Å²) in [6, 6.07) is 11.3. The summed E-state index contributed by atoms with van der Waals surface area (Å²) in [7, 11) is 0. The van der Waals surface area contributed by atoms with Gasteiger partial charge in [0.25, 0.3) is 5.56 Å². The second-order valence-corrected chi connectivity index (χ2v) is 13.5. The van der Waals surface area contributed by atoms with Crippen LogP contribution >= 0.6 is 12.6 Å². The predicted molar refractivity (Wildman–Crippen MR) is 191 cm³/mol. The number of nitrogens with zero attached hydrogens (tertiary/aromatic N) is 2. The van der Waals surface area contributed by atoms with Gasteiger partial charge in [0.05, 0.1) is 55.1 Å². The van der Waals surface area contributed by atoms with Crippen LogP contribution in [0.3, 0.4) is 0 Å². The van der Waals surface area contributed by atoms with E-state index in [1.54, 1.807) is 17.6 Å². The van der Waals surface area contributed by atoms with E-state index < -0.39 is 23.5 Å². The molecule has 12 nitrogen and oxygen atoms in total. The lowest BCUT2D eigenvalue weighted by molar-refractivity contribution is -0.189. The molecule has 4 heterocycles. The van der Waals surface area contributed by atoms with Gasteiger partial charge in [-0.2, -0.15) is 12.6 Å². The minimum Gasteiger partial charge on any atom is -0.463 e. The van der Waals surface area contributed by atoms with Crippen LogP contribution in [0.2, 0.25) is 0 Å². The number of pyridine rings is 2. The molecule has 0 amide bonds. The number of esters is 4. The van der Waals surface area contributed by atoms with Gasteiger partial charge in [-0.1, -0.05) is 31.5 Å². The van der Waals surface area contributed by atoms with Crippen molar-refractivity contribution in [3.63, 3.8) is 0 Å². The van der Waals surface area contributed by atoms with Crippen LogP contribution in [-0.2, 0) is 74.2 Å². The van der Waals surface area contributed by atoms with E-state index in [1.807, 2.05) is 30.3 Å². The summed E-state index contributed by atoms with van der Waals surface area (Å²) >= 11 is 7.93. The Morgan fingerprint density at radius 2 is 1.70 bits per heavy atom. The molecule has 0 saturated carbocycles.